The summed E-state index contributed by atoms with van der Waals surface area (Å²) in [5, 5.41) is 2.93. The summed E-state index contributed by atoms with van der Waals surface area (Å²) >= 11 is 0. The van der Waals surface area contributed by atoms with Crippen LogP contribution in [-0.4, -0.2) is 26.1 Å². The van der Waals surface area contributed by atoms with Crippen LogP contribution in [0.2, 0.25) is 0 Å². The number of rotatable bonds is 6. The van der Waals surface area contributed by atoms with E-state index in [2.05, 4.69) is 10.3 Å². The van der Waals surface area contributed by atoms with Gasteiger partial charge in [0.15, 0.2) is 23.2 Å². The molecule has 0 fully saturated rings. The average Bonchev–Trinajstić information content (AvgIpc) is 3.02. The maximum Gasteiger partial charge on any atom is 0.284 e. The molecule has 2 rings (SSSR count). The highest BCUT2D eigenvalue weighted by molar-refractivity contribution is 14.0. The van der Waals surface area contributed by atoms with Gasteiger partial charge < -0.3 is 30.7 Å². The maximum atomic E-state index is 10.9. The SMILES string of the molecule is COc1ccc(NC(N)=NCc2ccc(C(N)=O)o2)cc1OC.I. The van der Waals surface area contributed by atoms with Crippen LogP contribution in [0.3, 0.4) is 0 Å². The Kier molecular flexibility index (Phi) is 7.36. The van der Waals surface area contributed by atoms with Crippen LogP contribution in [0.15, 0.2) is 39.7 Å². The molecule has 0 saturated carbocycles. The molecule has 1 aromatic heterocycles. The van der Waals surface area contributed by atoms with Gasteiger partial charge in [-0.1, -0.05) is 0 Å². The number of hydrogen-bond donors (Lipinski definition) is 3. The number of primary amides is 1. The molecule has 1 aromatic carbocycles. The summed E-state index contributed by atoms with van der Waals surface area (Å²) in [5.74, 6) is 1.31. The van der Waals surface area contributed by atoms with Gasteiger partial charge in [-0.15, -0.1) is 24.0 Å². The van der Waals surface area contributed by atoms with Gasteiger partial charge in [0.25, 0.3) is 5.91 Å². The summed E-state index contributed by atoms with van der Waals surface area (Å²) in [5.41, 5.74) is 11.6. The van der Waals surface area contributed by atoms with Crippen LogP contribution in [0, 0.1) is 0 Å². The van der Waals surface area contributed by atoms with Crippen molar-refractivity contribution in [3.63, 3.8) is 0 Å². The molecule has 9 heteroatoms. The largest absolute Gasteiger partial charge is 0.493 e. The standard InChI is InChI=1S/C15H18N4O4.HI/c1-21-11-5-3-9(7-13(11)22-2)19-15(17)18-8-10-4-6-12(23-10)14(16)20;/h3-7H,8H2,1-2H3,(H2,16,20)(H3,17,18,19);1H. The third-order valence-electron chi connectivity index (χ3n) is 2.97. The summed E-state index contributed by atoms with van der Waals surface area (Å²) in [6.07, 6.45) is 0. The van der Waals surface area contributed by atoms with Crippen LogP contribution >= 0.6 is 24.0 Å². The molecule has 1 heterocycles. The monoisotopic (exact) mass is 446 g/mol. The molecule has 2 aromatic rings. The van der Waals surface area contributed by atoms with E-state index in [4.69, 9.17) is 25.4 Å². The molecule has 130 valence electrons. The number of nitrogens with two attached hydrogens (primary N) is 2. The van der Waals surface area contributed by atoms with E-state index in [-0.39, 0.29) is 42.2 Å². The van der Waals surface area contributed by atoms with Crippen molar-refractivity contribution in [2.45, 2.75) is 6.54 Å². The molecule has 0 spiro atoms. The molecule has 8 nitrogen and oxygen atoms in total. The topological polar surface area (TPSA) is 125 Å². The summed E-state index contributed by atoms with van der Waals surface area (Å²) in [6, 6.07) is 8.37. The normalized spacial score (nSPS) is 10.7. The average molecular weight is 446 g/mol. The number of carbonyl (C=O) groups excluding carboxylic acids is 1. The first-order valence-corrected chi connectivity index (χ1v) is 6.71. The van der Waals surface area contributed by atoms with E-state index in [0.29, 0.717) is 22.9 Å². The predicted molar refractivity (Wildman–Crippen MR) is 101 cm³/mol. The zero-order valence-corrected chi connectivity index (χ0v) is 15.6. The van der Waals surface area contributed by atoms with Gasteiger partial charge in [0.2, 0.25) is 0 Å². The number of halogens is 1. The number of nitrogens with zero attached hydrogens (tertiary/aromatic N) is 1. The fraction of sp³-hybridized carbons (Fsp3) is 0.200. The van der Waals surface area contributed by atoms with Crippen molar-refractivity contribution in [1.82, 2.24) is 0 Å². The van der Waals surface area contributed by atoms with Crippen molar-refractivity contribution in [3.05, 3.63) is 41.9 Å². The van der Waals surface area contributed by atoms with E-state index in [1.807, 2.05) is 0 Å². The van der Waals surface area contributed by atoms with Gasteiger partial charge in [0, 0.05) is 11.8 Å². The first kappa shape index (κ1) is 19.6. The molecule has 0 unspecified atom stereocenters. The summed E-state index contributed by atoms with van der Waals surface area (Å²) < 4.78 is 15.6. The molecule has 5 N–H and O–H groups in total. The van der Waals surface area contributed by atoms with E-state index >= 15 is 0 Å². The highest BCUT2D eigenvalue weighted by atomic mass is 127. The molecule has 24 heavy (non-hydrogen) atoms. The van der Waals surface area contributed by atoms with Gasteiger partial charge in [0.05, 0.1) is 14.2 Å². The summed E-state index contributed by atoms with van der Waals surface area (Å²) in [4.78, 5) is 15.1. The summed E-state index contributed by atoms with van der Waals surface area (Å²) in [7, 11) is 3.11. The van der Waals surface area contributed by atoms with Crippen LogP contribution < -0.4 is 26.3 Å². The fourth-order valence-corrected chi connectivity index (χ4v) is 1.86. The minimum Gasteiger partial charge on any atom is -0.493 e. The number of ether oxygens (including phenoxy) is 2. The van der Waals surface area contributed by atoms with E-state index < -0.39 is 5.91 Å². The van der Waals surface area contributed by atoms with Crippen LogP contribution in [0.25, 0.3) is 0 Å². The zero-order chi connectivity index (χ0) is 16.8. The number of anilines is 1. The molecule has 0 saturated heterocycles. The molecule has 0 aliphatic carbocycles. The Hall–Kier alpha value is -2.43. The molecule has 0 radical (unpaired) electrons. The Labute approximate surface area is 156 Å². The van der Waals surface area contributed by atoms with Crippen LogP contribution in [0.4, 0.5) is 5.69 Å². The van der Waals surface area contributed by atoms with Gasteiger partial charge in [-0.25, -0.2) is 4.99 Å². The Morgan fingerprint density at radius 1 is 1.17 bits per heavy atom. The van der Waals surface area contributed by atoms with E-state index in [1.54, 1.807) is 38.5 Å². The van der Waals surface area contributed by atoms with Gasteiger partial charge in [-0.2, -0.15) is 0 Å². The molecular weight excluding hydrogens is 427 g/mol. The van der Waals surface area contributed by atoms with E-state index in [1.165, 1.54) is 6.07 Å². The van der Waals surface area contributed by atoms with Crippen molar-refractivity contribution in [2.24, 2.45) is 16.5 Å². The number of nitrogens with one attached hydrogen (secondary N) is 1. The fourth-order valence-electron chi connectivity index (χ4n) is 1.86. The predicted octanol–water partition coefficient (Wildman–Crippen LogP) is 1.94. The highest BCUT2D eigenvalue weighted by Gasteiger charge is 2.07. The first-order valence-electron chi connectivity index (χ1n) is 6.71. The van der Waals surface area contributed by atoms with E-state index in [9.17, 15) is 4.79 Å². The number of methoxy groups -OCH3 is 2. The lowest BCUT2D eigenvalue weighted by molar-refractivity contribution is 0.0972. The third kappa shape index (κ3) is 5.05. The van der Waals surface area contributed by atoms with Crippen molar-refractivity contribution in [2.75, 3.05) is 19.5 Å². The van der Waals surface area contributed by atoms with Crippen molar-refractivity contribution >= 4 is 41.5 Å². The van der Waals surface area contributed by atoms with Gasteiger partial charge in [0.1, 0.15) is 12.3 Å². The highest BCUT2D eigenvalue weighted by Crippen LogP contribution is 2.29. The van der Waals surface area contributed by atoms with Crippen LogP contribution in [0.1, 0.15) is 16.3 Å². The lowest BCUT2D eigenvalue weighted by Crippen LogP contribution is -2.22. The van der Waals surface area contributed by atoms with Crippen molar-refractivity contribution < 1.29 is 18.7 Å². The second-order valence-corrected chi connectivity index (χ2v) is 4.53. The first-order chi connectivity index (χ1) is 11.0. The molecule has 0 bridgehead atoms. The second kappa shape index (κ2) is 9.01. The minimum atomic E-state index is -0.628. The molecular formula is C15H19IN4O4. The molecule has 1 amide bonds. The van der Waals surface area contributed by atoms with Crippen molar-refractivity contribution in [3.8, 4) is 11.5 Å². The minimum absolute atomic E-state index is 0. The maximum absolute atomic E-state index is 10.9. The zero-order valence-electron chi connectivity index (χ0n) is 13.2. The lowest BCUT2D eigenvalue weighted by Gasteiger charge is -2.10. The van der Waals surface area contributed by atoms with Gasteiger partial charge in [-0.3, -0.25) is 4.79 Å². The Morgan fingerprint density at radius 3 is 2.46 bits per heavy atom. The van der Waals surface area contributed by atoms with Gasteiger partial charge >= 0.3 is 0 Å². The van der Waals surface area contributed by atoms with Crippen molar-refractivity contribution in [1.29, 1.82) is 0 Å². The number of guanidine groups is 1. The van der Waals surface area contributed by atoms with Crippen LogP contribution in [0.5, 0.6) is 11.5 Å². The lowest BCUT2D eigenvalue weighted by atomic mass is 10.3. The van der Waals surface area contributed by atoms with Gasteiger partial charge in [-0.05, 0) is 24.3 Å². The third-order valence-corrected chi connectivity index (χ3v) is 2.97. The number of hydrogen-bond acceptors (Lipinski definition) is 5. The smallest absolute Gasteiger partial charge is 0.284 e. The summed E-state index contributed by atoms with van der Waals surface area (Å²) in [6.45, 7) is 0.180. The number of benzene rings is 1. The Morgan fingerprint density at radius 2 is 1.88 bits per heavy atom. The Bertz CT molecular complexity index is 730. The van der Waals surface area contributed by atoms with E-state index in [0.717, 1.165) is 0 Å². The number of furan rings is 1. The molecule has 0 atom stereocenters. The molecule has 0 aliphatic heterocycles. The number of amides is 1. The second-order valence-electron chi connectivity index (χ2n) is 4.53. The number of aliphatic imine (C=N–C) groups is 1. The van der Waals surface area contributed by atoms with Crippen LogP contribution in [-0.2, 0) is 6.54 Å². The molecule has 0 aliphatic rings. The Balaban J connectivity index is 0.00000288. The number of carbonyl (C=O) groups is 1. The quantitative estimate of drug-likeness (QED) is 0.354.